The molecule has 2 aromatic rings. The molecule has 24 heavy (non-hydrogen) atoms. The van der Waals surface area contributed by atoms with Crippen LogP contribution in [0.1, 0.15) is 17.5 Å². The van der Waals surface area contributed by atoms with E-state index in [2.05, 4.69) is 0 Å². The molecular weight excluding hydrogens is 355 g/mol. The van der Waals surface area contributed by atoms with E-state index in [1.165, 1.54) is 18.2 Å². The number of sulfone groups is 1. The van der Waals surface area contributed by atoms with E-state index in [1.54, 1.807) is 18.2 Å². The monoisotopic (exact) mass is 370 g/mol. The fourth-order valence-electron chi connectivity index (χ4n) is 2.52. The van der Waals surface area contributed by atoms with E-state index < -0.39 is 15.7 Å². The van der Waals surface area contributed by atoms with Crippen molar-refractivity contribution in [3.8, 4) is 11.5 Å². The molecule has 0 spiro atoms. The van der Waals surface area contributed by atoms with Crippen molar-refractivity contribution in [2.45, 2.75) is 17.9 Å². The number of ether oxygens (including phenoxy) is 2. The Kier molecular flexibility index (Phi) is 4.96. The van der Waals surface area contributed by atoms with Crippen LogP contribution in [0.25, 0.3) is 0 Å². The molecule has 0 saturated carbocycles. The van der Waals surface area contributed by atoms with Gasteiger partial charge in [0.25, 0.3) is 0 Å². The maximum atomic E-state index is 13.7. The first-order valence-corrected chi connectivity index (χ1v) is 9.66. The predicted molar refractivity (Wildman–Crippen MR) is 89.8 cm³/mol. The third-order valence-corrected chi connectivity index (χ3v) is 5.39. The molecular formula is C17H16ClFO4S. The smallest absolute Gasteiger partial charge is 0.179 e. The summed E-state index contributed by atoms with van der Waals surface area (Å²) in [5, 5.41) is 0.311. The van der Waals surface area contributed by atoms with Crippen molar-refractivity contribution in [3.05, 3.63) is 58.4 Å². The molecule has 4 nitrogen and oxygen atoms in total. The Morgan fingerprint density at radius 1 is 1.08 bits per heavy atom. The minimum Gasteiger partial charge on any atom is -0.489 e. The normalized spacial score (nSPS) is 14.2. The van der Waals surface area contributed by atoms with Gasteiger partial charge in [0.15, 0.2) is 21.3 Å². The average Bonchev–Trinajstić information content (AvgIpc) is 2.74. The summed E-state index contributed by atoms with van der Waals surface area (Å²) in [6.45, 7) is 0.979. The largest absolute Gasteiger partial charge is 0.489 e. The summed E-state index contributed by atoms with van der Waals surface area (Å²) < 4.78 is 49.5. The second kappa shape index (κ2) is 6.99. The lowest BCUT2D eigenvalue weighted by molar-refractivity contribution is 0.297. The maximum absolute atomic E-state index is 13.7. The van der Waals surface area contributed by atoms with Crippen LogP contribution in [0.5, 0.6) is 11.5 Å². The van der Waals surface area contributed by atoms with E-state index >= 15 is 0 Å². The summed E-state index contributed by atoms with van der Waals surface area (Å²) in [5.74, 6) is -0.276. The Labute approximate surface area is 145 Å². The third kappa shape index (κ3) is 3.99. The molecule has 0 saturated heterocycles. The summed E-state index contributed by atoms with van der Waals surface area (Å²) in [5.41, 5.74) is 0.638. The Hall–Kier alpha value is -1.79. The summed E-state index contributed by atoms with van der Waals surface area (Å²) in [6, 6.07) is 9.01. The van der Waals surface area contributed by atoms with Crippen molar-refractivity contribution in [2.24, 2.45) is 0 Å². The van der Waals surface area contributed by atoms with Crippen LogP contribution in [0.4, 0.5) is 4.39 Å². The predicted octanol–water partition coefficient (Wildman–Crippen LogP) is 3.76. The van der Waals surface area contributed by atoms with Gasteiger partial charge in [0.05, 0.1) is 29.7 Å². The zero-order chi connectivity index (χ0) is 17.2. The molecule has 0 aromatic heterocycles. The third-order valence-electron chi connectivity index (χ3n) is 3.58. The van der Waals surface area contributed by atoms with Crippen LogP contribution in [0.15, 0.2) is 36.4 Å². The highest BCUT2D eigenvalue weighted by Gasteiger charge is 2.20. The zero-order valence-electron chi connectivity index (χ0n) is 12.8. The SMILES string of the molecule is O=S(=O)(Cc1cc(Cl)c2c(c1)OCCCO2)Cc1ccccc1F. The van der Waals surface area contributed by atoms with Gasteiger partial charge in [-0.05, 0) is 23.8 Å². The van der Waals surface area contributed by atoms with Gasteiger partial charge in [-0.1, -0.05) is 29.8 Å². The lowest BCUT2D eigenvalue weighted by Crippen LogP contribution is -2.09. The second-order valence-corrected chi connectivity index (χ2v) is 8.05. The molecule has 2 aromatic carbocycles. The van der Waals surface area contributed by atoms with E-state index in [0.717, 1.165) is 6.42 Å². The van der Waals surface area contributed by atoms with Crippen molar-refractivity contribution >= 4 is 21.4 Å². The van der Waals surface area contributed by atoms with Crippen molar-refractivity contribution in [1.82, 2.24) is 0 Å². The van der Waals surface area contributed by atoms with Crippen LogP contribution in [0.2, 0.25) is 5.02 Å². The van der Waals surface area contributed by atoms with Crippen LogP contribution in [0, 0.1) is 5.82 Å². The molecule has 1 aliphatic rings. The molecule has 0 amide bonds. The molecule has 0 aliphatic carbocycles. The van der Waals surface area contributed by atoms with Crippen LogP contribution in [0.3, 0.4) is 0 Å². The fourth-order valence-corrected chi connectivity index (χ4v) is 4.30. The van der Waals surface area contributed by atoms with Crippen molar-refractivity contribution < 1.29 is 22.3 Å². The van der Waals surface area contributed by atoms with Gasteiger partial charge in [0, 0.05) is 12.0 Å². The van der Waals surface area contributed by atoms with E-state index in [1.807, 2.05) is 0 Å². The average molecular weight is 371 g/mol. The number of benzene rings is 2. The topological polar surface area (TPSA) is 52.6 Å². The molecule has 128 valence electrons. The minimum absolute atomic E-state index is 0.151. The second-order valence-electron chi connectivity index (χ2n) is 5.58. The molecule has 1 aliphatic heterocycles. The molecule has 7 heteroatoms. The minimum atomic E-state index is -3.56. The lowest BCUT2D eigenvalue weighted by atomic mass is 10.2. The maximum Gasteiger partial charge on any atom is 0.179 e. The molecule has 1 heterocycles. The molecule has 0 fully saturated rings. The first kappa shape index (κ1) is 17.0. The summed E-state index contributed by atoms with van der Waals surface area (Å²) in [7, 11) is -3.56. The molecule has 3 rings (SSSR count). The molecule has 0 bridgehead atoms. The van der Waals surface area contributed by atoms with Crippen LogP contribution in [-0.2, 0) is 21.3 Å². The van der Waals surface area contributed by atoms with Crippen molar-refractivity contribution in [2.75, 3.05) is 13.2 Å². The van der Waals surface area contributed by atoms with Gasteiger partial charge in [0.1, 0.15) is 5.82 Å². The summed E-state index contributed by atoms with van der Waals surface area (Å²) in [4.78, 5) is 0. The Bertz CT molecular complexity index is 852. The first-order chi connectivity index (χ1) is 11.4. The van der Waals surface area contributed by atoms with Crippen molar-refractivity contribution in [3.63, 3.8) is 0 Å². The highest BCUT2D eigenvalue weighted by Crippen LogP contribution is 2.38. The van der Waals surface area contributed by atoms with E-state index in [0.29, 0.717) is 35.3 Å². The van der Waals surface area contributed by atoms with Crippen molar-refractivity contribution in [1.29, 1.82) is 0 Å². The Morgan fingerprint density at radius 3 is 2.62 bits per heavy atom. The molecule has 0 unspecified atom stereocenters. The number of halogens is 2. The molecule has 0 atom stereocenters. The first-order valence-electron chi connectivity index (χ1n) is 7.46. The molecule has 0 N–H and O–H groups in total. The van der Waals surface area contributed by atoms with Gasteiger partial charge >= 0.3 is 0 Å². The summed E-state index contributed by atoms with van der Waals surface area (Å²) >= 11 is 6.17. The van der Waals surface area contributed by atoms with Gasteiger partial charge < -0.3 is 9.47 Å². The highest BCUT2D eigenvalue weighted by atomic mass is 35.5. The summed E-state index contributed by atoms with van der Waals surface area (Å²) in [6.07, 6.45) is 0.728. The number of rotatable bonds is 4. The Balaban J connectivity index is 1.84. The van der Waals surface area contributed by atoms with Gasteiger partial charge in [-0.15, -0.1) is 0 Å². The fraction of sp³-hybridized carbons (Fsp3) is 0.294. The van der Waals surface area contributed by atoms with E-state index in [9.17, 15) is 12.8 Å². The van der Waals surface area contributed by atoms with Gasteiger partial charge in [-0.3, -0.25) is 0 Å². The van der Waals surface area contributed by atoms with Gasteiger partial charge in [-0.25, -0.2) is 12.8 Å². The van der Waals surface area contributed by atoms with E-state index in [4.69, 9.17) is 21.1 Å². The van der Waals surface area contributed by atoms with Gasteiger partial charge in [-0.2, -0.15) is 0 Å². The van der Waals surface area contributed by atoms with E-state index in [-0.39, 0.29) is 17.1 Å². The molecule has 0 radical (unpaired) electrons. The van der Waals surface area contributed by atoms with Crippen LogP contribution < -0.4 is 9.47 Å². The number of hydrogen-bond donors (Lipinski definition) is 0. The number of hydrogen-bond acceptors (Lipinski definition) is 4. The quantitative estimate of drug-likeness (QED) is 0.822. The standard InChI is InChI=1S/C17H16ClFO4S/c18-14-8-12(9-16-17(14)23-7-3-6-22-16)10-24(20,21)11-13-4-1-2-5-15(13)19/h1-2,4-5,8-9H,3,6-7,10-11H2. The lowest BCUT2D eigenvalue weighted by Gasteiger charge is -2.12. The van der Waals surface area contributed by atoms with Gasteiger partial charge in [0.2, 0.25) is 0 Å². The zero-order valence-corrected chi connectivity index (χ0v) is 14.4. The van der Waals surface area contributed by atoms with Crippen LogP contribution >= 0.6 is 11.6 Å². The highest BCUT2D eigenvalue weighted by molar-refractivity contribution is 7.89. The number of fused-ring (bicyclic) bond motifs is 1. The Morgan fingerprint density at radius 2 is 1.83 bits per heavy atom. The van der Waals surface area contributed by atoms with Crippen LogP contribution in [-0.4, -0.2) is 21.6 Å².